The highest BCUT2D eigenvalue weighted by molar-refractivity contribution is 7.89. The third-order valence-corrected chi connectivity index (χ3v) is 5.82. The molecule has 0 aliphatic heterocycles. The van der Waals surface area contributed by atoms with Crippen molar-refractivity contribution < 1.29 is 17.6 Å². The zero-order valence-electron chi connectivity index (χ0n) is 12.2. The zero-order valence-corrected chi connectivity index (χ0v) is 13.9. The molecule has 0 atom stereocenters. The maximum Gasteiger partial charge on any atom is 0.240 e. The van der Waals surface area contributed by atoms with Gasteiger partial charge in [0.15, 0.2) is 5.78 Å². The number of ketones is 1. The molecule has 22 heavy (non-hydrogen) atoms. The van der Waals surface area contributed by atoms with Crippen molar-refractivity contribution in [1.82, 2.24) is 4.72 Å². The number of hydrogen-bond acceptors (Lipinski definition) is 4. The molecule has 0 aliphatic carbocycles. The molecule has 0 aliphatic rings. The van der Waals surface area contributed by atoms with Gasteiger partial charge in [0.05, 0.1) is 9.77 Å². The van der Waals surface area contributed by atoms with Gasteiger partial charge in [-0.2, -0.15) is 0 Å². The highest BCUT2D eigenvalue weighted by Gasteiger charge is 2.15. The first-order valence-corrected chi connectivity index (χ1v) is 8.95. The maximum atomic E-state index is 13.2. The first kappa shape index (κ1) is 16.8. The topological polar surface area (TPSA) is 63.2 Å². The van der Waals surface area contributed by atoms with Crippen molar-refractivity contribution in [3.63, 3.8) is 0 Å². The second kappa shape index (κ2) is 6.68. The predicted molar refractivity (Wildman–Crippen MR) is 84.4 cm³/mol. The summed E-state index contributed by atoms with van der Waals surface area (Å²) in [5.41, 5.74) is 0.284. The molecule has 4 nitrogen and oxygen atoms in total. The van der Waals surface area contributed by atoms with E-state index in [0.717, 1.165) is 10.9 Å². The van der Waals surface area contributed by atoms with Gasteiger partial charge < -0.3 is 0 Å². The Kier molecular flexibility index (Phi) is 5.10. The number of hydrogen-bond donors (Lipinski definition) is 1. The summed E-state index contributed by atoms with van der Waals surface area (Å²) in [5.74, 6) is -0.437. The van der Waals surface area contributed by atoms with E-state index in [2.05, 4.69) is 4.72 Å². The molecule has 0 radical (unpaired) electrons. The normalized spacial score (nSPS) is 11.6. The van der Waals surface area contributed by atoms with Gasteiger partial charge in [-0.25, -0.2) is 17.5 Å². The minimum Gasteiger partial charge on any atom is -0.294 e. The largest absolute Gasteiger partial charge is 0.294 e. The Balaban J connectivity index is 2.00. The van der Waals surface area contributed by atoms with Gasteiger partial charge in [0.1, 0.15) is 5.82 Å². The van der Waals surface area contributed by atoms with Gasteiger partial charge in [-0.1, -0.05) is 0 Å². The quantitative estimate of drug-likeness (QED) is 0.822. The lowest BCUT2D eigenvalue weighted by molar-refractivity contribution is 0.102. The lowest BCUT2D eigenvalue weighted by Crippen LogP contribution is -2.26. The summed E-state index contributed by atoms with van der Waals surface area (Å²) >= 11 is 1.36. The Morgan fingerprint density at radius 1 is 1.27 bits per heavy atom. The monoisotopic (exact) mass is 341 g/mol. The molecule has 0 fully saturated rings. The molecule has 0 bridgehead atoms. The van der Waals surface area contributed by atoms with Crippen LogP contribution in [0.3, 0.4) is 0 Å². The van der Waals surface area contributed by atoms with Crippen LogP contribution in [0, 0.1) is 12.7 Å². The molecule has 2 aromatic rings. The molecule has 1 aromatic carbocycles. The number of halogens is 1. The third-order valence-electron chi connectivity index (χ3n) is 3.11. The summed E-state index contributed by atoms with van der Waals surface area (Å²) in [6.07, 6.45) is 0.497. The maximum absolute atomic E-state index is 13.2. The van der Waals surface area contributed by atoms with Crippen molar-refractivity contribution in [2.24, 2.45) is 0 Å². The average molecular weight is 341 g/mol. The van der Waals surface area contributed by atoms with E-state index in [1.165, 1.54) is 37.3 Å². The SMILES string of the molecule is CC(=O)c1ccc(CCNS(=O)(=O)c2ccc(F)c(C)c2)s1. The number of nitrogens with one attached hydrogen (secondary N) is 1. The van der Waals surface area contributed by atoms with Gasteiger partial charge in [0, 0.05) is 11.4 Å². The minimum atomic E-state index is -3.66. The molecule has 0 saturated heterocycles. The van der Waals surface area contributed by atoms with Gasteiger partial charge in [-0.15, -0.1) is 11.3 Å². The Morgan fingerprint density at radius 2 is 2.00 bits per heavy atom. The molecule has 0 saturated carbocycles. The summed E-state index contributed by atoms with van der Waals surface area (Å²) < 4.78 is 39.9. The van der Waals surface area contributed by atoms with E-state index in [0.29, 0.717) is 11.3 Å². The molecule has 1 heterocycles. The highest BCUT2D eigenvalue weighted by atomic mass is 32.2. The zero-order chi connectivity index (χ0) is 16.3. The van der Waals surface area contributed by atoms with Crippen LogP contribution in [0.2, 0.25) is 0 Å². The molecule has 0 spiro atoms. The summed E-state index contributed by atoms with van der Waals surface area (Å²) in [4.78, 5) is 12.8. The molecule has 2 rings (SSSR count). The Labute approximate surface area is 133 Å². The lowest BCUT2D eigenvalue weighted by atomic mass is 10.2. The van der Waals surface area contributed by atoms with Crippen molar-refractivity contribution in [3.8, 4) is 0 Å². The molecule has 0 amide bonds. The third kappa shape index (κ3) is 4.00. The first-order valence-electron chi connectivity index (χ1n) is 6.65. The molecule has 118 valence electrons. The van der Waals surface area contributed by atoms with E-state index in [1.807, 2.05) is 6.07 Å². The number of aryl methyl sites for hydroxylation is 1. The van der Waals surface area contributed by atoms with E-state index in [1.54, 1.807) is 6.07 Å². The van der Waals surface area contributed by atoms with E-state index < -0.39 is 15.8 Å². The summed E-state index contributed by atoms with van der Waals surface area (Å²) in [6, 6.07) is 7.24. The van der Waals surface area contributed by atoms with E-state index >= 15 is 0 Å². The summed E-state index contributed by atoms with van der Waals surface area (Å²) in [7, 11) is -3.66. The fourth-order valence-electron chi connectivity index (χ4n) is 1.88. The van der Waals surface area contributed by atoms with Crippen LogP contribution in [0.5, 0.6) is 0 Å². The van der Waals surface area contributed by atoms with Crippen LogP contribution in [0.25, 0.3) is 0 Å². The van der Waals surface area contributed by atoms with Crippen LogP contribution in [0.1, 0.15) is 27.0 Å². The number of benzene rings is 1. The van der Waals surface area contributed by atoms with E-state index in [4.69, 9.17) is 0 Å². The number of carbonyl (C=O) groups is 1. The molecular weight excluding hydrogens is 325 g/mol. The number of Topliss-reactive ketones (excluding diaryl/α,β-unsaturated/α-hetero) is 1. The molecular formula is C15H16FNO3S2. The number of thiophene rings is 1. The second-order valence-corrected chi connectivity index (χ2v) is 7.82. The van der Waals surface area contributed by atoms with Crippen LogP contribution in [0.15, 0.2) is 35.2 Å². The van der Waals surface area contributed by atoms with Gasteiger partial charge in [0.25, 0.3) is 0 Å². The molecule has 1 aromatic heterocycles. The standard InChI is InChI=1S/C15H16FNO3S2/c1-10-9-13(4-5-14(10)16)22(19,20)17-8-7-12-3-6-15(21-12)11(2)18/h3-6,9,17H,7-8H2,1-2H3. The average Bonchev–Trinajstić information content (AvgIpc) is 2.90. The van der Waals surface area contributed by atoms with Crippen molar-refractivity contribution in [3.05, 3.63) is 51.5 Å². The summed E-state index contributed by atoms with van der Waals surface area (Å²) in [5, 5.41) is 0. The fourth-order valence-corrected chi connectivity index (χ4v) is 3.90. The minimum absolute atomic E-state index is 0.00128. The smallest absolute Gasteiger partial charge is 0.240 e. The van der Waals surface area contributed by atoms with Crippen LogP contribution in [-0.2, 0) is 16.4 Å². The van der Waals surface area contributed by atoms with Crippen LogP contribution in [-0.4, -0.2) is 20.7 Å². The molecule has 7 heteroatoms. The Morgan fingerprint density at radius 3 is 2.59 bits per heavy atom. The van der Waals surface area contributed by atoms with Crippen LogP contribution >= 0.6 is 11.3 Å². The summed E-state index contributed by atoms with van der Waals surface area (Å²) in [6.45, 7) is 3.23. The Bertz CT molecular complexity index is 797. The Hall–Kier alpha value is -1.57. The van der Waals surface area contributed by atoms with Crippen LogP contribution < -0.4 is 4.72 Å². The first-order chi connectivity index (χ1) is 10.3. The second-order valence-electron chi connectivity index (χ2n) is 4.88. The molecule has 0 unspecified atom stereocenters. The van der Waals surface area contributed by atoms with Gasteiger partial charge in [-0.05, 0) is 56.2 Å². The number of rotatable bonds is 6. The van der Waals surface area contributed by atoms with Crippen molar-refractivity contribution in [1.29, 1.82) is 0 Å². The van der Waals surface area contributed by atoms with Crippen molar-refractivity contribution >= 4 is 27.1 Å². The number of sulfonamides is 1. The van der Waals surface area contributed by atoms with Crippen LogP contribution in [0.4, 0.5) is 4.39 Å². The fraction of sp³-hybridized carbons (Fsp3) is 0.267. The van der Waals surface area contributed by atoms with E-state index in [-0.39, 0.29) is 22.8 Å². The van der Waals surface area contributed by atoms with E-state index in [9.17, 15) is 17.6 Å². The lowest BCUT2D eigenvalue weighted by Gasteiger charge is -2.07. The van der Waals surface area contributed by atoms with Gasteiger partial charge in [0.2, 0.25) is 10.0 Å². The molecule has 1 N–H and O–H groups in total. The van der Waals surface area contributed by atoms with Gasteiger partial charge in [-0.3, -0.25) is 4.79 Å². The van der Waals surface area contributed by atoms with Crippen molar-refractivity contribution in [2.75, 3.05) is 6.54 Å². The predicted octanol–water partition coefficient (Wildman–Crippen LogP) is 2.92. The van der Waals surface area contributed by atoms with Gasteiger partial charge >= 0.3 is 0 Å². The van der Waals surface area contributed by atoms with Crippen molar-refractivity contribution in [2.45, 2.75) is 25.2 Å². The number of carbonyl (C=O) groups excluding carboxylic acids is 1. The highest BCUT2D eigenvalue weighted by Crippen LogP contribution is 2.18.